The van der Waals surface area contributed by atoms with Gasteiger partial charge in [-0.15, -0.1) is 0 Å². The molecule has 0 N–H and O–H groups in total. The average molecular weight is 284 g/mol. The maximum absolute atomic E-state index is 5.51. The maximum atomic E-state index is 5.51. The molecule has 0 saturated carbocycles. The molecular weight excluding hydrogens is 264 g/mol. The Morgan fingerprint density at radius 3 is 1.89 bits per heavy atom. The van der Waals surface area contributed by atoms with E-state index in [0.29, 0.717) is 0 Å². The van der Waals surface area contributed by atoms with E-state index >= 15 is 0 Å². The highest BCUT2D eigenvalue weighted by atomic mass is 32.2. The van der Waals surface area contributed by atoms with Crippen molar-refractivity contribution < 1.29 is 9.47 Å². The highest BCUT2D eigenvalue weighted by Crippen LogP contribution is 2.17. The van der Waals surface area contributed by atoms with Crippen molar-refractivity contribution in [2.24, 2.45) is 0 Å². The summed E-state index contributed by atoms with van der Waals surface area (Å²) in [6.07, 6.45) is 0. The summed E-state index contributed by atoms with van der Waals surface area (Å²) in [6, 6.07) is 8.91. The van der Waals surface area contributed by atoms with Crippen LogP contribution in [-0.2, 0) is 21.0 Å². The minimum absolute atomic E-state index is 0.721. The molecular formula is C14H20O2S2. The first-order valence-electron chi connectivity index (χ1n) is 6.34. The van der Waals surface area contributed by atoms with Crippen molar-refractivity contribution >= 4 is 23.5 Å². The first kappa shape index (κ1) is 14.3. The fourth-order valence-electron chi connectivity index (χ4n) is 1.75. The lowest BCUT2D eigenvalue weighted by molar-refractivity contribution is 0.0605. The second-order valence-corrected chi connectivity index (χ2v) is 6.36. The Morgan fingerprint density at radius 1 is 0.778 bits per heavy atom. The fraction of sp³-hybridized carbons (Fsp3) is 0.571. The molecule has 0 saturated heterocycles. The van der Waals surface area contributed by atoms with Crippen molar-refractivity contribution in [1.29, 1.82) is 0 Å². The van der Waals surface area contributed by atoms with Gasteiger partial charge < -0.3 is 9.47 Å². The lowest BCUT2D eigenvalue weighted by atomic mass is 10.2. The topological polar surface area (TPSA) is 18.5 Å². The third-order valence-electron chi connectivity index (χ3n) is 2.64. The first-order valence-corrected chi connectivity index (χ1v) is 8.65. The number of thioether (sulfide) groups is 2. The summed E-state index contributed by atoms with van der Waals surface area (Å²) in [7, 11) is 0. The summed E-state index contributed by atoms with van der Waals surface area (Å²) >= 11 is 3.87. The van der Waals surface area contributed by atoms with Gasteiger partial charge in [-0.2, -0.15) is 23.5 Å². The van der Waals surface area contributed by atoms with Crippen LogP contribution in [0.15, 0.2) is 24.3 Å². The van der Waals surface area contributed by atoms with E-state index in [4.69, 9.17) is 9.47 Å². The predicted octanol–water partition coefficient (Wildman–Crippen LogP) is 3.20. The second kappa shape index (κ2) is 8.86. The number of benzene rings is 1. The van der Waals surface area contributed by atoms with Crippen LogP contribution in [-0.4, -0.2) is 37.9 Å². The van der Waals surface area contributed by atoms with Crippen LogP contribution in [0.4, 0.5) is 0 Å². The van der Waals surface area contributed by atoms with E-state index in [1.165, 1.54) is 11.1 Å². The van der Waals surface area contributed by atoms with E-state index in [9.17, 15) is 0 Å². The normalized spacial score (nSPS) is 19.8. The van der Waals surface area contributed by atoms with Gasteiger partial charge in [0.15, 0.2) is 0 Å². The van der Waals surface area contributed by atoms with E-state index in [2.05, 4.69) is 24.3 Å². The van der Waals surface area contributed by atoms with Gasteiger partial charge >= 0.3 is 0 Å². The van der Waals surface area contributed by atoms with Gasteiger partial charge in [0, 0.05) is 23.0 Å². The van der Waals surface area contributed by atoms with Crippen LogP contribution in [0, 0.1) is 0 Å². The van der Waals surface area contributed by atoms with Gasteiger partial charge in [0.2, 0.25) is 0 Å². The molecule has 1 heterocycles. The first-order chi connectivity index (χ1) is 8.95. The Morgan fingerprint density at radius 2 is 1.33 bits per heavy atom. The minimum Gasteiger partial charge on any atom is -0.378 e. The smallest absolute Gasteiger partial charge is 0.0700 e. The second-order valence-electron chi connectivity index (χ2n) is 4.15. The fourth-order valence-corrected chi connectivity index (χ4v) is 3.34. The zero-order valence-corrected chi connectivity index (χ0v) is 12.2. The van der Waals surface area contributed by atoms with E-state index in [-0.39, 0.29) is 0 Å². The van der Waals surface area contributed by atoms with Crippen molar-refractivity contribution in [3.8, 4) is 0 Å². The molecule has 4 heteroatoms. The largest absolute Gasteiger partial charge is 0.378 e. The van der Waals surface area contributed by atoms with E-state index < -0.39 is 0 Å². The van der Waals surface area contributed by atoms with Gasteiger partial charge in [-0.25, -0.2) is 0 Å². The zero-order valence-electron chi connectivity index (χ0n) is 10.6. The molecule has 1 aliphatic rings. The van der Waals surface area contributed by atoms with Crippen LogP contribution in [0.5, 0.6) is 0 Å². The summed E-state index contributed by atoms with van der Waals surface area (Å²) in [5.41, 5.74) is 2.84. The molecule has 2 rings (SSSR count). The summed E-state index contributed by atoms with van der Waals surface area (Å²) in [5.74, 6) is 4.27. The van der Waals surface area contributed by atoms with Gasteiger partial charge in [-0.05, 0) is 11.1 Å². The summed E-state index contributed by atoms with van der Waals surface area (Å²) in [5, 5.41) is 0. The molecule has 1 aliphatic heterocycles. The molecule has 100 valence electrons. The molecule has 0 atom stereocenters. The molecule has 0 amide bonds. The molecule has 0 radical (unpaired) electrons. The number of fused-ring (bicyclic) bond motifs is 2. The summed E-state index contributed by atoms with van der Waals surface area (Å²) < 4.78 is 11.0. The predicted molar refractivity (Wildman–Crippen MR) is 80.4 cm³/mol. The number of ether oxygens (including phenoxy) is 2. The lowest BCUT2D eigenvalue weighted by Gasteiger charge is -2.05. The van der Waals surface area contributed by atoms with Crippen LogP contribution in [0.3, 0.4) is 0 Å². The van der Waals surface area contributed by atoms with Crippen molar-refractivity contribution in [2.75, 3.05) is 37.9 Å². The van der Waals surface area contributed by atoms with E-state index in [1.54, 1.807) is 0 Å². The summed E-state index contributed by atoms with van der Waals surface area (Å²) in [4.78, 5) is 0. The van der Waals surface area contributed by atoms with Crippen molar-refractivity contribution in [3.05, 3.63) is 35.4 Å². The number of rotatable bonds is 0. The third-order valence-corrected chi connectivity index (χ3v) is 4.63. The molecule has 18 heavy (non-hydrogen) atoms. The Hall–Kier alpha value is -0.160. The molecule has 0 spiro atoms. The highest BCUT2D eigenvalue weighted by Gasteiger charge is 1.99. The van der Waals surface area contributed by atoms with E-state index in [1.807, 2.05) is 23.5 Å². The van der Waals surface area contributed by atoms with Crippen LogP contribution in [0.25, 0.3) is 0 Å². The maximum Gasteiger partial charge on any atom is 0.0700 e. The zero-order chi connectivity index (χ0) is 12.5. The Bertz CT molecular complexity index is 315. The Labute approximate surface area is 118 Å². The Kier molecular flexibility index (Phi) is 7.01. The molecule has 2 bridgehead atoms. The number of hydrogen-bond donors (Lipinski definition) is 0. The molecule has 0 aliphatic carbocycles. The van der Waals surface area contributed by atoms with Gasteiger partial charge in [0.05, 0.1) is 26.4 Å². The average Bonchev–Trinajstić information content (AvgIpc) is 2.40. The van der Waals surface area contributed by atoms with Crippen LogP contribution in [0.2, 0.25) is 0 Å². The van der Waals surface area contributed by atoms with Crippen LogP contribution in [0.1, 0.15) is 11.1 Å². The molecule has 2 nitrogen and oxygen atoms in total. The quantitative estimate of drug-likeness (QED) is 0.728. The molecule has 1 aromatic carbocycles. The van der Waals surface area contributed by atoms with Crippen molar-refractivity contribution in [2.45, 2.75) is 11.5 Å². The van der Waals surface area contributed by atoms with Gasteiger partial charge in [-0.3, -0.25) is 0 Å². The molecule has 0 fully saturated rings. The highest BCUT2D eigenvalue weighted by molar-refractivity contribution is 7.98. The van der Waals surface area contributed by atoms with Gasteiger partial charge in [0.1, 0.15) is 0 Å². The monoisotopic (exact) mass is 284 g/mol. The standard InChI is InChI=1S/C14H20O2S2/c1-2-13-10-14(3-1)12-18-9-7-16-5-4-15-6-8-17-11-13/h1-3,10H,4-9,11-12H2. The number of hydrogen-bond acceptors (Lipinski definition) is 4. The SMILES string of the molecule is c1cc2cc(c1)CSCCOCCOCCSC2. The summed E-state index contributed by atoms with van der Waals surface area (Å²) in [6.45, 7) is 3.09. The van der Waals surface area contributed by atoms with Crippen molar-refractivity contribution in [3.63, 3.8) is 0 Å². The van der Waals surface area contributed by atoms with Crippen molar-refractivity contribution in [1.82, 2.24) is 0 Å². The molecule has 0 aromatic heterocycles. The minimum atomic E-state index is 0.721. The van der Waals surface area contributed by atoms with Crippen LogP contribution >= 0.6 is 23.5 Å². The van der Waals surface area contributed by atoms with Gasteiger partial charge in [0.25, 0.3) is 0 Å². The molecule has 0 unspecified atom stereocenters. The van der Waals surface area contributed by atoms with Gasteiger partial charge in [-0.1, -0.05) is 24.3 Å². The van der Waals surface area contributed by atoms with Crippen LogP contribution < -0.4 is 0 Å². The lowest BCUT2D eigenvalue weighted by Crippen LogP contribution is -2.08. The Balaban J connectivity index is 1.87. The molecule has 1 aromatic rings. The van der Waals surface area contributed by atoms with E-state index in [0.717, 1.165) is 49.4 Å². The third kappa shape index (κ3) is 5.65.